The highest BCUT2D eigenvalue weighted by atomic mass is 35.5. The van der Waals surface area contributed by atoms with E-state index in [2.05, 4.69) is 5.32 Å². The van der Waals surface area contributed by atoms with Crippen LogP contribution in [0, 0.1) is 6.92 Å². The lowest BCUT2D eigenvalue weighted by Gasteiger charge is -2.21. The number of urea groups is 1. The van der Waals surface area contributed by atoms with Crippen LogP contribution in [0.15, 0.2) is 48.5 Å². The van der Waals surface area contributed by atoms with Crippen LogP contribution in [0.5, 0.6) is 0 Å². The second kappa shape index (κ2) is 6.44. The number of hydrogen-bond acceptors (Lipinski definition) is 1. The van der Waals surface area contributed by atoms with Crippen molar-refractivity contribution in [2.75, 3.05) is 16.8 Å². The van der Waals surface area contributed by atoms with Crippen LogP contribution < -0.4 is 10.2 Å². The zero-order valence-electron chi connectivity index (χ0n) is 11.6. The lowest BCUT2D eigenvalue weighted by molar-refractivity contribution is 0.257. The maximum absolute atomic E-state index is 12.3. The molecule has 0 atom stereocenters. The van der Waals surface area contributed by atoms with Crippen molar-refractivity contribution in [1.82, 2.24) is 0 Å². The molecule has 104 valence electrons. The van der Waals surface area contributed by atoms with Gasteiger partial charge in [-0.1, -0.05) is 35.9 Å². The largest absolute Gasteiger partial charge is 0.326 e. The van der Waals surface area contributed by atoms with E-state index in [1.54, 1.807) is 11.0 Å². The molecule has 2 amide bonds. The number of hydrogen-bond donors (Lipinski definition) is 1. The van der Waals surface area contributed by atoms with Crippen LogP contribution in [0.2, 0.25) is 5.02 Å². The minimum Gasteiger partial charge on any atom is -0.307 e. The maximum Gasteiger partial charge on any atom is 0.326 e. The third-order valence-corrected chi connectivity index (χ3v) is 3.46. The molecule has 4 heteroatoms. The van der Waals surface area contributed by atoms with Crippen molar-refractivity contribution in [1.29, 1.82) is 0 Å². The molecule has 0 aliphatic carbocycles. The molecule has 20 heavy (non-hydrogen) atoms. The lowest BCUT2D eigenvalue weighted by Crippen LogP contribution is -2.34. The molecule has 2 aromatic carbocycles. The summed E-state index contributed by atoms with van der Waals surface area (Å²) in [6, 6.07) is 14.9. The molecular formula is C16H17ClN2O. The number of benzene rings is 2. The number of amides is 2. The molecule has 2 aromatic rings. The fourth-order valence-corrected chi connectivity index (χ4v) is 2.09. The van der Waals surface area contributed by atoms with Gasteiger partial charge in [0.15, 0.2) is 0 Å². The van der Waals surface area contributed by atoms with Crippen LogP contribution in [0.1, 0.15) is 12.5 Å². The molecule has 0 heterocycles. The first-order valence-corrected chi connectivity index (χ1v) is 6.89. The van der Waals surface area contributed by atoms with Gasteiger partial charge in [-0.3, -0.25) is 4.90 Å². The van der Waals surface area contributed by atoms with Gasteiger partial charge in [0.05, 0.1) is 0 Å². The van der Waals surface area contributed by atoms with Crippen molar-refractivity contribution in [3.63, 3.8) is 0 Å². The Labute approximate surface area is 124 Å². The normalized spacial score (nSPS) is 10.2. The lowest BCUT2D eigenvalue weighted by atomic mass is 10.2. The summed E-state index contributed by atoms with van der Waals surface area (Å²) in [6.45, 7) is 4.46. The number of para-hydroxylation sites is 1. The predicted octanol–water partition coefficient (Wildman–Crippen LogP) is 4.71. The molecular weight excluding hydrogens is 272 g/mol. The van der Waals surface area contributed by atoms with Gasteiger partial charge in [0.2, 0.25) is 0 Å². The van der Waals surface area contributed by atoms with Gasteiger partial charge in [-0.15, -0.1) is 0 Å². The molecule has 0 aliphatic rings. The summed E-state index contributed by atoms with van der Waals surface area (Å²) in [5.41, 5.74) is 2.55. The standard InChI is InChI=1S/C16H17ClN2O/c1-3-19(14-7-5-4-6-8-14)16(20)18-13-10-9-12(2)15(17)11-13/h4-11H,3H2,1-2H3,(H,18,20). The summed E-state index contributed by atoms with van der Waals surface area (Å²) >= 11 is 6.06. The Balaban J connectivity index is 2.15. The van der Waals surface area contributed by atoms with Gasteiger partial charge in [-0.25, -0.2) is 4.79 Å². The van der Waals surface area contributed by atoms with Crippen molar-refractivity contribution in [2.45, 2.75) is 13.8 Å². The minimum absolute atomic E-state index is 0.168. The van der Waals surface area contributed by atoms with Crippen LogP contribution >= 0.6 is 11.6 Å². The Morgan fingerprint density at radius 2 is 1.90 bits per heavy atom. The molecule has 0 unspecified atom stereocenters. The van der Waals surface area contributed by atoms with Crippen molar-refractivity contribution in [3.8, 4) is 0 Å². The number of nitrogens with zero attached hydrogens (tertiary/aromatic N) is 1. The van der Waals surface area contributed by atoms with Gasteiger partial charge in [0, 0.05) is 22.9 Å². The van der Waals surface area contributed by atoms with E-state index in [1.807, 2.05) is 56.3 Å². The van der Waals surface area contributed by atoms with Crippen LogP contribution in [-0.4, -0.2) is 12.6 Å². The minimum atomic E-state index is -0.168. The highest BCUT2D eigenvalue weighted by Crippen LogP contribution is 2.21. The second-order valence-corrected chi connectivity index (χ2v) is 4.88. The fourth-order valence-electron chi connectivity index (χ4n) is 1.91. The first kappa shape index (κ1) is 14.4. The molecule has 0 spiro atoms. The topological polar surface area (TPSA) is 32.3 Å². The number of rotatable bonds is 3. The first-order valence-electron chi connectivity index (χ1n) is 6.51. The van der Waals surface area contributed by atoms with Crippen molar-refractivity contribution in [3.05, 3.63) is 59.1 Å². The summed E-state index contributed by atoms with van der Waals surface area (Å²) in [5.74, 6) is 0. The molecule has 0 fully saturated rings. The monoisotopic (exact) mass is 288 g/mol. The third-order valence-electron chi connectivity index (χ3n) is 3.05. The van der Waals surface area contributed by atoms with Crippen LogP contribution in [0.4, 0.5) is 16.2 Å². The van der Waals surface area contributed by atoms with Gasteiger partial charge in [0.1, 0.15) is 0 Å². The quantitative estimate of drug-likeness (QED) is 0.872. The summed E-state index contributed by atoms with van der Waals surface area (Å²) in [5, 5.41) is 3.51. The van der Waals surface area contributed by atoms with Gasteiger partial charge in [-0.05, 0) is 43.7 Å². The van der Waals surface area contributed by atoms with Crippen LogP contribution in [0.3, 0.4) is 0 Å². The van der Waals surface area contributed by atoms with Gasteiger partial charge in [-0.2, -0.15) is 0 Å². The Bertz CT molecular complexity index is 599. The molecule has 0 aromatic heterocycles. The van der Waals surface area contributed by atoms with Crippen molar-refractivity contribution < 1.29 is 4.79 Å². The zero-order valence-corrected chi connectivity index (χ0v) is 12.3. The van der Waals surface area contributed by atoms with Crippen molar-refractivity contribution in [2.24, 2.45) is 0 Å². The first-order chi connectivity index (χ1) is 9.61. The Morgan fingerprint density at radius 3 is 2.50 bits per heavy atom. The summed E-state index contributed by atoms with van der Waals surface area (Å²) in [6.07, 6.45) is 0. The van der Waals surface area contributed by atoms with Crippen LogP contribution in [0.25, 0.3) is 0 Å². The van der Waals surface area contributed by atoms with Gasteiger partial charge in [0.25, 0.3) is 0 Å². The van der Waals surface area contributed by atoms with Crippen molar-refractivity contribution >= 4 is 29.0 Å². The van der Waals surface area contributed by atoms with E-state index >= 15 is 0 Å². The number of nitrogens with one attached hydrogen (secondary N) is 1. The molecule has 0 bridgehead atoms. The van der Waals surface area contributed by atoms with E-state index in [0.717, 1.165) is 11.3 Å². The van der Waals surface area contributed by atoms with Gasteiger partial charge >= 0.3 is 6.03 Å². The maximum atomic E-state index is 12.3. The predicted molar refractivity (Wildman–Crippen MR) is 84.7 cm³/mol. The number of carbonyl (C=O) groups excluding carboxylic acids is 1. The number of halogens is 1. The van der Waals surface area contributed by atoms with E-state index in [4.69, 9.17) is 11.6 Å². The Morgan fingerprint density at radius 1 is 1.20 bits per heavy atom. The van der Waals surface area contributed by atoms with Crippen LogP contribution in [-0.2, 0) is 0 Å². The average Bonchev–Trinajstić information content (AvgIpc) is 2.45. The molecule has 0 saturated heterocycles. The summed E-state index contributed by atoms with van der Waals surface area (Å²) in [4.78, 5) is 14.0. The molecule has 1 N–H and O–H groups in total. The number of carbonyl (C=O) groups is 1. The molecule has 0 saturated carbocycles. The van der Waals surface area contributed by atoms with E-state index in [9.17, 15) is 4.79 Å². The third kappa shape index (κ3) is 3.31. The molecule has 2 rings (SSSR count). The number of anilines is 2. The number of aryl methyl sites for hydroxylation is 1. The van der Waals surface area contributed by atoms with E-state index in [0.29, 0.717) is 17.3 Å². The highest BCUT2D eigenvalue weighted by Gasteiger charge is 2.13. The summed E-state index contributed by atoms with van der Waals surface area (Å²) < 4.78 is 0. The van der Waals surface area contributed by atoms with E-state index in [-0.39, 0.29) is 6.03 Å². The fraction of sp³-hybridized carbons (Fsp3) is 0.188. The Kier molecular flexibility index (Phi) is 4.64. The zero-order chi connectivity index (χ0) is 14.5. The van der Waals surface area contributed by atoms with Gasteiger partial charge < -0.3 is 5.32 Å². The molecule has 0 radical (unpaired) electrons. The summed E-state index contributed by atoms with van der Waals surface area (Å²) in [7, 11) is 0. The van der Waals surface area contributed by atoms with E-state index in [1.165, 1.54) is 0 Å². The average molecular weight is 289 g/mol. The van der Waals surface area contributed by atoms with E-state index < -0.39 is 0 Å². The highest BCUT2D eigenvalue weighted by molar-refractivity contribution is 6.31. The Hall–Kier alpha value is -2.00. The SMILES string of the molecule is CCN(C(=O)Nc1ccc(C)c(Cl)c1)c1ccccc1. The molecule has 3 nitrogen and oxygen atoms in total. The second-order valence-electron chi connectivity index (χ2n) is 4.47. The smallest absolute Gasteiger partial charge is 0.307 e. The molecule has 0 aliphatic heterocycles.